The van der Waals surface area contributed by atoms with Gasteiger partial charge in [0.25, 0.3) is 0 Å². The summed E-state index contributed by atoms with van der Waals surface area (Å²) in [7, 11) is 0. The first-order valence-electron chi connectivity index (χ1n) is 3.44. The Morgan fingerprint density at radius 3 is 3.25 bits per heavy atom. The predicted octanol–water partition coefficient (Wildman–Crippen LogP) is -0.0500. The van der Waals surface area contributed by atoms with Crippen LogP contribution in [0, 0.1) is 0 Å². The van der Waals surface area contributed by atoms with Gasteiger partial charge >= 0.3 is 5.69 Å². The van der Waals surface area contributed by atoms with Crippen molar-refractivity contribution in [1.29, 1.82) is 0 Å². The van der Waals surface area contributed by atoms with Crippen molar-refractivity contribution in [3.63, 3.8) is 0 Å². The van der Waals surface area contributed by atoms with Crippen molar-refractivity contribution >= 4 is 11.5 Å². The molecular formula is C7H10N4O. The van der Waals surface area contributed by atoms with Gasteiger partial charge in [0, 0.05) is 12.7 Å². The fourth-order valence-corrected chi connectivity index (χ4v) is 0.717. The van der Waals surface area contributed by atoms with E-state index < -0.39 is 5.69 Å². The summed E-state index contributed by atoms with van der Waals surface area (Å²) in [5.41, 5.74) is 5.49. The lowest BCUT2D eigenvalue weighted by Gasteiger charge is -2.03. The van der Waals surface area contributed by atoms with Gasteiger partial charge in [-0.3, -0.25) is 0 Å². The zero-order chi connectivity index (χ0) is 8.97. The Morgan fingerprint density at radius 2 is 2.58 bits per heavy atom. The minimum atomic E-state index is -0.421. The molecular weight excluding hydrogens is 156 g/mol. The van der Waals surface area contributed by atoms with E-state index in [9.17, 15) is 4.79 Å². The van der Waals surface area contributed by atoms with E-state index >= 15 is 0 Å². The number of rotatable bonds is 3. The molecule has 0 bridgehead atoms. The number of nitrogens with zero attached hydrogens (tertiary/aromatic N) is 1. The van der Waals surface area contributed by atoms with Gasteiger partial charge in [0.05, 0.1) is 5.69 Å². The molecule has 0 atom stereocenters. The Labute approximate surface area is 69.3 Å². The lowest BCUT2D eigenvalue weighted by molar-refractivity contribution is 1.07. The molecule has 1 rings (SSSR count). The SMILES string of the molecule is C=CCNc1nc(=O)[nH]cc1N. The Hall–Kier alpha value is -1.78. The fourth-order valence-electron chi connectivity index (χ4n) is 0.717. The molecule has 0 aliphatic heterocycles. The van der Waals surface area contributed by atoms with Crippen LogP contribution in [0.5, 0.6) is 0 Å². The number of nitrogens with one attached hydrogen (secondary N) is 2. The minimum Gasteiger partial charge on any atom is -0.395 e. The average molecular weight is 166 g/mol. The van der Waals surface area contributed by atoms with E-state index in [4.69, 9.17) is 5.73 Å². The summed E-state index contributed by atoms with van der Waals surface area (Å²) in [6, 6.07) is 0. The first-order chi connectivity index (χ1) is 5.74. The molecule has 1 heterocycles. The van der Waals surface area contributed by atoms with Crippen LogP contribution in [-0.4, -0.2) is 16.5 Å². The van der Waals surface area contributed by atoms with E-state index in [2.05, 4.69) is 21.9 Å². The smallest absolute Gasteiger partial charge is 0.347 e. The second kappa shape index (κ2) is 3.56. The molecule has 0 saturated heterocycles. The Kier molecular flexibility index (Phi) is 2.47. The number of nitrogens with two attached hydrogens (primary N) is 1. The summed E-state index contributed by atoms with van der Waals surface area (Å²) >= 11 is 0. The Morgan fingerprint density at radius 1 is 1.83 bits per heavy atom. The minimum absolute atomic E-state index is 0.388. The quantitative estimate of drug-likeness (QED) is 0.550. The molecule has 1 aromatic heterocycles. The van der Waals surface area contributed by atoms with Gasteiger partial charge in [0.15, 0.2) is 5.82 Å². The molecule has 0 amide bonds. The zero-order valence-corrected chi connectivity index (χ0v) is 6.50. The van der Waals surface area contributed by atoms with Crippen LogP contribution < -0.4 is 16.7 Å². The molecule has 0 aromatic carbocycles. The largest absolute Gasteiger partial charge is 0.395 e. The standard InChI is InChI=1S/C7H10N4O/c1-2-3-9-6-5(8)4-10-7(12)11-6/h2,4H,1,3,8H2,(H2,9,10,11,12). The number of H-pyrrole nitrogens is 1. The lowest BCUT2D eigenvalue weighted by atomic mass is 10.5. The number of nitrogen functional groups attached to an aromatic ring is 1. The van der Waals surface area contributed by atoms with E-state index in [0.29, 0.717) is 18.1 Å². The highest BCUT2D eigenvalue weighted by atomic mass is 16.1. The number of hydrogen-bond acceptors (Lipinski definition) is 4. The molecule has 5 heteroatoms. The van der Waals surface area contributed by atoms with Crippen LogP contribution in [0.25, 0.3) is 0 Å². The maximum atomic E-state index is 10.7. The average Bonchev–Trinajstić information content (AvgIpc) is 2.07. The van der Waals surface area contributed by atoms with Gasteiger partial charge in [0.1, 0.15) is 0 Å². The van der Waals surface area contributed by atoms with Crippen LogP contribution in [0.1, 0.15) is 0 Å². The monoisotopic (exact) mass is 166 g/mol. The van der Waals surface area contributed by atoms with Crippen LogP contribution in [-0.2, 0) is 0 Å². The predicted molar refractivity (Wildman–Crippen MR) is 48.0 cm³/mol. The van der Waals surface area contributed by atoms with Gasteiger partial charge in [0.2, 0.25) is 0 Å². The van der Waals surface area contributed by atoms with Gasteiger partial charge in [-0.05, 0) is 0 Å². The fraction of sp³-hybridized carbons (Fsp3) is 0.143. The van der Waals surface area contributed by atoms with Crippen LogP contribution in [0.15, 0.2) is 23.6 Å². The molecule has 0 spiro atoms. The number of hydrogen-bond donors (Lipinski definition) is 3. The number of aromatic nitrogens is 2. The van der Waals surface area contributed by atoms with Crippen molar-refractivity contribution in [3.8, 4) is 0 Å². The summed E-state index contributed by atoms with van der Waals surface area (Å²) in [5, 5.41) is 2.83. The second-order valence-electron chi connectivity index (χ2n) is 2.18. The van der Waals surface area contributed by atoms with E-state index in [1.807, 2.05) is 0 Å². The lowest BCUT2D eigenvalue weighted by Crippen LogP contribution is -2.15. The molecule has 5 nitrogen and oxygen atoms in total. The second-order valence-corrected chi connectivity index (χ2v) is 2.18. The van der Waals surface area contributed by atoms with Crippen molar-refractivity contribution in [3.05, 3.63) is 29.3 Å². The van der Waals surface area contributed by atoms with E-state index in [0.717, 1.165) is 0 Å². The molecule has 1 aromatic rings. The molecule has 0 aliphatic rings. The molecule has 12 heavy (non-hydrogen) atoms. The summed E-state index contributed by atoms with van der Waals surface area (Å²) in [6.07, 6.45) is 3.06. The molecule has 4 N–H and O–H groups in total. The highest BCUT2D eigenvalue weighted by Crippen LogP contribution is 2.08. The third-order valence-electron chi connectivity index (χ3n) is 1.25. The molecule has 64 valence electrons. The summed E-state index contributed by atoms with van der Waals surface area (Å²) in [6.45, 7) is 4.04. The van der Waals surface area contributed by atoms with Gasteiger partial charge in [-0.15, -0.1) is 6.58 Å². The van der Waals surface area contributed by atoms with Crippen LogP contribution in [0.4, 0.5) is 11.5 Å². The highest BCUT2D eigenvalue weighted by Gasteiger charge is 1.98. The van der Waals surface area contributed by atoms with Crippen molar-refractivity contribution in [2.24, 2.45) is 0 Å². The number of anilines is 2. The normalized spacial score (nSPS) is 9.33. The van der Waals surface area contributed by atoms with Crippen molar-refractivity contribution in [2.45, 2.75) is 0 Å². The third kappa shape index (κ3) is 1.85. The van der Waals surface area contributed by atoms with Gasteiger partial charge in [-0.1, -0.05) is 6.08 Å². The molecule has 0 fully saturated rings. The maximum absolute atomic E-state index is 10.7. The van der Waals surface area contributed by atoms with E-state index in [-0.39, 0.29) is 0 Å². The first kappa shape index (κ1) is 8.32. The summed E-state index contributed by atoms with van der Waals surface area (Å²) < 4.78 is 0. The van der Waals surface area contributed by atoms with Crippen LogP contribution in [0.2, 0.25) is 0 Å². The van der Waals surface area contributed by atoms with Crippen molar-refractivity contribution in [2.75, 3.05) is 17.6 Å². The van der Waals surface area contributed by atoms with Crippen molar-refractivity contribution < 1.29 is 0 Å². The van der Waals surface area contributed by atoms with Crippen molar-refractivity contribution in [1.82, 2.24) is 9.97 Å². The Bertz CT molecular complexity index is 330. The van der Waals surface area contributed by atoms with Crippen LogP contribution in [0.3, 0.4) is 0 Å². The molecule has 0 saturated carbocycles. The van der Waals surface area contributed by atoms with E-state index in [1.54, 1.807) is 6.08 Å². The molecule has 0 aliphatic carbocycles. The van der Waals surface area contributed by atoms with Gasteiger partial charge in [-0.2, -0.15) is 4.98 Å². The topological polar surface area (TPSA) is 83.8 Å². The van der Waals surface area contributed by atoms with Crippen LogP contribution >= 0.6 is 0 Å². The van der Waals surface area contributed by atoms with Gasteiger partial charge in [-0.25, -0.2) is 4.79 Å². The Balaban J connectivity index is 2.89. The maximum Gasteiger partial charge on any atom is 0.347 e. The van der Waals surface area contributed by atoms with E-state index in [1.165, 1.54) is 6.20 Å². The summed E-state index contributed by atoms with van der Waals surface area (Å²) in [4.78, 5) is 16.7. The zero-order valence-electron chi connectivity index (χ0n) is 6.50. The third-order valence-corrected chi connectivity index (χ3v) is 1.25. The number of aromatic amines is 1. The molecule has 0 unspecified atom stereocenters. The van der Waals surface area contributed by atoms with Gasteiger partial charge < -0.3 is 16.0 Å². The first-order valence-corrected chi connectivity index (χ1v) is 3.44. The highest BCUT2D eigenvalue weighted by molar-refractivity contribution is 5.59. The summed E-state index contributed by atoms with van der Waals surface area (Å²) in [5.74, 6) is 0.388. The molecule has 0 radical (unpaired) electrons.